The molecular formula is C10H15BrN2O2. The molecule has 84 valence electrons. The predicted molar refractivity (Wildman–Crippen MR) is 61.9 cm³/mol. The lowest BCUT2D eigenvalue weighted by Gasteiger charge is -2.09. The van der Waals surface area contributed by atoms with Crippen molar-refractivity contribution in [3.05, 3.63) is 22.4 Å². The fraction of sp³-hybridized carbons (Fsp3) is 0.500. The van der Waals surface area contributed by atoms with Crippen molar-refractivity contribution in [2.24, 2.45) is 5.73 Å². The Morgan fingerprint density at radius 1 is 1.67 bits per heavy atom. The third-order valence-electron chi connectivity index (χ3n) is 2.31. The molecule has 5 heteroatoms. The summed E-state index contributed by atoms with van der Waals surface area (Å²) in [5, 5.41) is 8.96. The number of carboxylic acid groups (broad SMARTS) is 1. The lowest BCUT2D eigenvalue weighted by atomic mass is 10.0. The van der Waals surface area contributed by atoms with Crippen LogP contribution < -0.4 is 5.73 Å². The molecule has 0 spiro atoms. The standard InChI is InChI=1S/C10H15BrN2O2/c1-6(2)13-5-7(3-9(13)11)8(4-12)10(14)15/h3,5-6,8H,4,12H2,1-2H3,(H,14,15). The second-order valence-corrected chi connectivity index (χ2v) is 4.54. The van der Waals surface area contributed by atoms with Gasteiger partial charge in [-0.2, -0.15) is 0 Å². The van der Waals surface area contributed by atoms with E-state index in [1.54, 1.807) is 0 Å². The number of aromatic nitrogens is 1. The Bertz CT molecular complexity index is 360. The van der Waals surface area contributed by atoms with Crippen LogP contribution in [0.15, 0.2) is 16.9 Å². The number of carbonyl (C=O) groups is 1. The lowest BCUT2D eigenvalue weighted by Crippen LogP contribution is -2.20. The number of carboxylic acids is 1. The molecule has 1 aromatic rings. The second-order valence-electron chi connectivity index (χ2n) is 3.72. The van der Waals surface area contributed by atoms with Crippen molar-refractivity contribution in [2.45, 2.75) is 25.8 Å². The molecule has 1 rings (SSSR count). The molecule has 1 unspecified atom stereocenters. The van der Waals surface area contributed by atoms with Crippen molar-refractivity contribution in [3.63, 3.8) is 0 Å². The number of rotatable bonds is 4. The molecule has 1 aromatic heterocycles. The molecule has 1 atom stereocenters. The van der Waals surface area contributed by atoms with Crippen molar-refractivity contribution in [1.82, 2.24) is 4.57 Å². The van der Waals surface area contributed by atoms with Gasteiger partial charge in [-0.25, -0.2) is 0 Å². The highest BCUT2D eigenvalue weighted by atomic mass is 79.9. The first-order chi connectivity index (χ1) is 6.97. The van der Waals surface area contributed by atoms with Crippen LogP contribution in [0.25, 0.3) is 0 Å². The summed E-state index contributed by atoms with van der Waals surface area (Å²) in [5.74, 6) is -1.51. The van der Waals surface area contributed by atoms with E-state index in [-0.39, 0.29) is 6.54 Å². The minimum absolute atomic E-state index is 0.115. The second kappa shape index (κ2) is 4.81. The topological polar surface area (TPSA) is 68.2 Å². The molecule has 3 N–H and O–H groups in total. The molecule has 1 heterocycles. The zero-order chi connectivity index (χ0) is 11.6. The van der Waals surface area contributed by atoms with Crippen LogP contribution in [-0.2, 0) is 4.79 Å². The first kappa shape index (κ1) is 12.3. The molecule has 0 aromatic carbocycles. The van der Waals surface area contributed by atoms with Gasteiger partial charge in [-0.15, -0.1) is 0 Å². The summed E-state index contributed by atoms with van der Waals surface area (Å²) in [4.78, 5) is 10.9. The molecule has 0 amide bonds. The number of nitrogens with two attached hydrogens (primary N) is 1. The Morgan fingerprint density at radius 2 is 2.27 bits per heavy atom. The summed E-state index contributed by atoms with van der Waals surface area (Å²) >= 11 is 3.39. The van der Waals surface area contributed by atoms with E-state index in [9.17, 15) is 4.79 Å². The van der Waals surface area contributed by atoms with Gasteiger partial charge in [0.15, 0.2) is 0 Å². The van der Waals surface area contributed by atoms with Crippen LogP contribution in [0, 0.1) is 0 Å². The summed E-state index contributed by atoms with van der Waals surface area (Å²) in [6.07, 6.45) is 1.83. The van der Waals surface area contributed by atoms with Gasteiger partial charge < -0.3 is 15.4 Å². The number of hydrogen-bond donors (Lipinski definition) is 2. The highest BCUT2D eigenvalue weighted by Gasteiger charge is 2.20. The predicted octanol–water partition coefficient (Wildman–Crippen LogP) is 1.96. The van der Waals surface area contributed by atoms with Crippen LogP contribution in [0.2, 0.25) is 0 Å². The zero-order valence-corrected chi connectivity index (χ0v) is 10.4. The summed E-state index contributed by atoms with van der Waals surface area (Å²) in [6.45, 7) is 4.18. The highest BCUT2D eigenvalue weighted by Crippen LogP contribution is 2.25. The quantitative estimate of drug-likeness (QED) is 0.882. The van der Waals surface area contributed by atoms with Crippen LogP contribution >= 0.6 is 15.9 Å². The molecule has 0 fully saturated rings. The molecular weight excluding hydrogens is 260 g/mol. The first-order valence-corrected chi connectivity index (χ1v) is 5.56. The number of hydrogen-bond acceptors (Lipinski definition) is 2. The number of nitrogens with zero attached hydrogens (tertiary/aromatic N) is 1. The maximum Gasteiger partial charge on any atom is 0.312 e. The van der Waals surface area contributed by atoms with Crippen LogP contribution in [0.5, 0.6) is 0 Å². The van der Waals surface area contributed by atoms with Gasteiger partial charge in [0.25, 0.3) is 0 Å². The maximum absolute atomic E-state index is 10.9. The van der Waals surface area contributed by atoms with E-state index in [1.165, 1.54) is 0 Å². The third-order valence-corrected chi connectivity index (χ3v) is 2.95. The largest absolute Gasteiger partial charge is 0.481 e. The summed E-state index contributed by atoms with van der Waals surface area (Å²) in [5.41, 5.74) is 6.18. The monoisotopic (exact) mass is 274 g/mol. The smallest absolute Gasteiger partial charge is 0.312 e. The van der Waals surface area contributed by atoms with Crippen LogP contribution in [0.4, 0.5) is 0 Å². The average molecular weight is 275 g/mol. The van der Waals surface area contributed by atoms with Gasteiger partial charge in [0.1, 0.15) is 0 Å². The normalized spacial score (nSPS) is 13.1. The lowest BCUT2D eigenvalue weighted by molar-refractivity contribution is -0.138. The molecule has 0 radical (unpaired) electrons. The van der Waals surface area contributed by atoms with Gasteiger partial charge in [0, 0.05) is 18.8 Å². The summed E-state index contributed by atoms with van der Waals surface area (Å²) < 4.78 is 2.85. The van der Waals surface area contributed by atoms with Gasteiger partial charge in [-0.05, 0) is 41.4 Å². The summed E-state index contributed by atoms with van der Waals surface area (Å²) in [7, 11) is 0. The van der Waals surface area contributed by atoms with E-state index in [0.29, 0.717) is 6.04 Å². The van der Waals surface area contributed by atoms with Crippen LogP contribution in [0.1, 0.15) is 31.4 Å². The fourth-order valence-electron chi connectivity index (χ4n) is 1.44. The van der Waals surface area contributed by atoms with E-state index in [4.69, 9.17) is 10.8 Å². The van der Waals surface area contributed by atoms with E-state index in [2.05, 4.69) is 15.9 Å². The Hall–Kier alpha value is -0.810. The van der Waals surface area contributed by atoms with Crippen molar-refractivity contribution < 1.29 is 9.90 Å². The van der Waals surface area contributed by atoms with E-state index in [0.717, 1.165) is 10.2 Å². The molecule has 0 aliphatic heterocycles. The zero-order valence-electron chi connectivity index (χ0n) is 8.77. The Morgan fingerprint density at radius 3 is 2.60 bits per heavy atom. The molecule has 0 saturated heterocycles. The maximum atomic E-state index is 10.9. The average Bonchev–Trinajstić information content (AvgIpc) is 2.48. The van der Waals surface area contributed by atoms with Gasteiger partial charge in [-0.1, -0.05) is 0 Å². The van der Waals surface area contributed by atoms with Crippen LogP contribution in [0.3, 0.4) is 0 Å². The van der Waals surface area contributed by atoms with Crippen molar-refractivity contribution >= 4 is 21.9 Å². The molecule has 4 nitrogen and oxygen atoms in total. The van der Waals surface area contributed by atoms with Gasteiger partial charge in [0.2, 0.25) is 0 Å². The van der Waals surface area contributed by atoms with Crippen molar-refractivity contribution in [1.29, 1.82) is 0 Å². The minimum atomic E-state index is -0.883. The first-order valence-electron chi connectivity index (χ1n) is 4.77. The Kier molecular flexibility index (Phi) is 3.93. The summed E-state index contributed by atoms with van der Waals surface area (Å²) in [6, 6.07) is 2.10. The van der Waals surface area contributed by atoms with E-state index >= 15 is 0 Å². The molecule has 0 saturated carbocycles. The Labute approximate surface area is 97.2 Å². The fourth-order valence-corrected chi connectivity index (χ4v) is 2.21. The van der Waals surface area contributed by atoms with Gasteiger partial charge >= 0.3 is 5.97 Å². The molecule has 0 bridgehead atoms. The van der Waals surface area contributed by atoms with E-state index < -0.39 is 11.9 Å². The van der Waals surface area contributed by atoms with Gasteiger partial charge in [0.05, 0.1) is 10.5 Å². The molecule has 0 aliphatic rings. The van der Waals surface area contributed by atoms with Crippen LogP contribution in [-0.4, -0.2) is 22.2 Å². The highest BCUT2D eigenvalue weighted by molar-refractivity contribution is 9.10. The molecule has 0 aliphatic carbocycles. The third kappa shape index (κ3) is 2.60. The minimum Gasteiger partial charge on any atom is -0.481 e. The number of halogens is 1. The van der Waals surface area contributed by atoms with Crippen molar-refractivity contribution in [2.75, 3.05) is 6.54 Å². The Balaban J connectivity index is 3.05. The van der Waals surface area contributed by atoms with Gasteiger partial charge in [-0.3, -0.25) is 4.79 Å². The molecule has 15 heavy (non-hydrogen) atoms. The SMILES string of the molecule is CC(C)n1cc(C(CN)C(=O)O)cc1Br. The van der Waals surface area contributed by atoms with Crippen molar-refractivity contribution in [3.8, 4) is 0 Å². The van der Waals surface area contributed by atoms with E-state index in [1.807, 2.05) is 30.7 Å². The number of aliphatic carboxylic acids is 1.